The van der Waals surface area contributed by atoms with E-state index in [1.807, 2.05) is 48.5 Å². The summed E-state index contributed by atoms with van der Waals surface area (Å²) >= 11 is 0. The average molecular weight is 390 g/mol. The lowest BCUT2D eigenvalue weighted by Gasteiger charge is -2.24. The molecule has 1 amide bonds. The average Bonchev–Trinajstić information content (AvgIpc) is 2.71. The van der Waals surface area contributed by atoms with Gasteiger partial charge in [0.15, 0.2) is 0 Å². The third-order valence-electron chi connectivity index (χ3n) is 4.69. The van der Waals surface area contributed by atoms with E-state index in [-0.39, 0.29) is 5.41 Å². The number of nitrogens with zero attached hydrogens (tertiary/aromatic N) is 1. The van der Waals surface area contributed by atoms with Crippen molar-refractivity contribution in [3.05, 3.63) is 77.5 Å². The number of carbonyl (C=O) groups excluding carboxylic acids is 1. The second-order valence-electron chi connectivity index (χ2n) is 7.84. The molecule has 5 nitrogen and oxygen atoms in total. The highest BCUT2D eigenvalue weighted by atomic mass is 16.5. The van der Waals surface area contributed by atoms with Gasteiger partial charge in [-0.3, -0.25) is 4.79 Å². The normalized spacial score (nSPS) is 11.2. The SMILES string of the molecule is COc1cc(C(N)=O)c(-c2cccnc2OCc2ccccc2)cc1C(C)(C)C. The lowest BCUT2D eigenvalue weighted by Crippen LogP contribution is -2.17. The summed E-state index contributed by atoms with van der Waals surface area (Å²) in [5.74, 6) is 0.547. The van der Waals surface area contributed by atoms with Gasteiger partial charge in [0, 0.05) is 22.9 Å². The van der Waals surface area contributed by atoms with Crippen LogP contribution in [-0.2, 0) is 12.0 Å². The van der Waals surface area contributed by atoms with Crippen molar-refractivity contribution in [3.63, 3.8) is 0 Å². The number of methoxy groups -OCH3 is 1. The molecule has 0 saturated heterocycles. The zero-order chi connectivity index (χ0) is 21.0. The van der Waals surface area contributed by atoms with Gasteiger partial charge in [-0.25, -0.2) is 4.98 Å². The molecule has 3 rings (SSSR count). The molecule has 0 bridgehead atoms. The van der Waals surface area contributed by atoms with Crippen LogP contribution in [0.25, 0.3) is 11.1 Å². The molecule has 0 aliphatic carbocycles. The second kappa shape index (κ2) is 8.35. The van der Waals surface area contributed by atoms with Gasteiger partial charge < -0.3 is 15.2 Å². The zero-order valence-electron chi connectivity index (χ0n) is 17.2. The molecular weight excluding hydrogens is 364 g/mol. The number of amides is 1. The highest BCUT2D eigenvalue weighted by molar-refractivity contribution is 6.01. The van der Waals surface area contributed by atoms with Crippen molar-refractivity contribution in [2.45, 2.75) is 32.8 Å². The first-order valence-corrected chi connectivity index (χ1v) is 9.45. The van der Waals surface area contributed by atoms with Gasteiger partial charge in [0.1, 0.15) is 12.4 Å². The van der Waals surface area contributed by atoms with Crippen LogP contribution in [0.3, 0.4) is 0 Å². The van der Waals surface area contributed by atoms with E-state index >= 15 is 0 Å². The fraction of sp³-hybridized carbons (Fsp3) is 0.250. The van der Waals surface area contributed by atoms with Gasteiger partial charge >= 0.3 is 0 Å². The summed E-state index contributed by atoms with van der Waals surface area (Å²) in [5.41, 5.74) is 9.27. The van der Waals surface area contributed by atoms with Crippen molar-refractivity contribution in [1.82, 2.24) is 4.98 Å². The fourth-order valence-electron chi connectivity index (χ4n) is 3.20. The van der Waals surface area contributed by atoms with Gasteiger partial charge in [-0.2, -0.15) is 0 Å². The van der Waals surface area contributed by atoms with E-state index in [9.17, 15) is 4.79 Å². The predicted molar refractivity (Wildman–Crippen MR) is 114 cm³/mol. The van der Waals surface area contributed by atoms with Crippen LogP contribution >= 0.6 is 0 Å². The predicted octanol–water partition coefficient (Wildman–Crippen LogP) is 4.73. The maximum absolute atomic E-state index is 12.2. The van der Waals surface area contributed by atoms with Crippen LogP contribution in [-0.4, -0.2) is 18.0 Å². The molecule has 0 saturated carbocycles. The van der Waals surface area contributed by atoms with Crippen LogP contribution < -0.4 is 15.2 Å². The van der Waals surface area contributed by atoms with E-state index in [4.69, 9.17) is 15.2 Å². The first kappa shape index (κ1) is 20.4. The third-order valence-corrected chi connectivity index (χ3v) is 4.69. The third kappa shape index (κ3) is 4.57. The number of rotatable bonds is 6. The molecule has 29 heavy (non-hydrogen) atoms. The minimum absolute atomic E-state index is 0.191. The topological polar surface area (TPSA) is 74.4 Å². The van der Waals surface area contributed by atoms with Crippen LogP contribution in [0.4, 0.5) is 0 Å². The van der Waals surface area contributed by atoms with Crippen LogP contribution in [0.15, 0.2) is 60.8 Å². The molecule has 0 fully saturated rings. The standard InChI is InChI=1S/C24H26N2O3/c1-24(2,3)20-13-18(19(22(25)27)14-21(20)28-4)17-11-8-12-26-23(17)29-15-16-9-6-5-7-10-16/h5-14H,15H2,1-4H3,(H2,25,27). The first-order chi connectivity index (χ1) is 13.8. The Labute approximate surface area is 171 Å². The fourth-order valence-corrected chi connectivity index (χ4v) is 3.20. The largest absolute Gasteiger partial charge is 0.496 e. The van der Waals surface area contributed by atoms with Crippen LogP contribution in [0.2, 0.25) is 0 Å². The van der Waals surface area contributed by atoms with Crippen molar-refractivity contribution >= 4 is 5.91 Å². The number of hydrogen-bond donors (Lipinski definition) is 1. The number of carbonyl (C=O) groups is 1. The molecule has 3 aromatic rings. The number of primary amides is 1. The van der Waals surface area contributed by atoms with E-state index < -0.39 is 5.91 Å². The van der Waals surface area contributed by atoms with Crippen molar-refractivity contribution in [1.29, 1.82) is 0 Å². The molecule has 0 aliphatic rings. The van der Waals surface area contributed by atoms with Gasteiger partial charge in [0.05, 0.1) is 12.7 Å². The minimum atomic E-state index is -0.531. The summed E-state index contributed by atoms with van der Waals surface area (Å²) in [6.07, 6.45) is 1.67. The van der Waals surface area contributed by atoms with Crippen molar-refractivity contribution in [2.75, 3.05) is 7.11 Å². The Morgan fingerprint density at radius 2 is 1.76 bits per heavy atom. The van der Waals surface area contributed by atoms with E-state index in [2.05, 4.69) is 25.8 Å². The van der Waals surface area contributed by atoms with E-state index in [0.717, 1.165) is 11.1 Å². The zero-order valence-corrected chi connectivity index (χ0v) is 17.2. The summed E-state index contributed by atoms with van der Waals surface area (Å²) in [7, 11) is 1.59. The number of pyridine rings is 1. The number of nitrogens with two attached hydrogens (primary N) is 1. The van der Waals surface area contributed by atoms with Crippen molar-refractivity contribution in [2.24, 2.45) is 5.73 Å². The summed E-state index contributed by atoms with van der Waals surface area (Å²) in [6, 6.07) is 17.2. The Balaban J connectivity index is 2.11. The van der Waals surface area contributed by atoms with Gasteiger partial charge in [-0.05, 0) is 35.2 Å². The monoisotopic (exact) mass is 390 g/mol. The smallest absolute Gasteiger partial charge is 0.249 e. The molecule has 1 aromatic heterocycles. The van der Waals surface area contributed by atoms with E-state index in [0.29, 0.717) is 34.9 Å². The van der Waals surface area contributed by atoms with Crippen molar-refractivity contribution in [3.8, 4) is 22.8 Å². The molecule has 150 valence electrons. The Hall–Kier alpha value is -3.34. The molecule has 0 spiro atoms. The van der Waals surface area contributed by atoms with Crippen molar-refractivity contribution < 1.29 is 14.3 Å². The molecule has 2 N–H and O–H groups in total. The number of ether oxygens (including phenoxy) is 2. The molecule has 2 aromatic carbocycles. The lowest BCUT2D eigenvalue weighted by molar-refractivity contribution is 0.100. The summed E-state index contributed by atoms with van der Waals surface area (Å²) in [5, 5.41) is 0. The van der Waals surface area contributed by atoms with E-state index in [1.165, 1.54) is 0 Å². The summed E-state index contributed by atoms with van der Waals surface area (Å²) in [4.78, 5) is 16.6. The number of benzene rings is 2. The van der Waals surface area contributed by atoms with Gasteiger partial charge in [-0.15, -0.1) is 0 Å². The maximum atomic E-state index is 12.2. The molecule has 0 aliphatic heterocycles. The molecule has 1 heterocycles. The van der Waals surface area contributed by atoms with Gasteiger partial charge in [0.25, 0.3) is 0 Å². The second-order valence-corrected chi connectivity index (χ2v) is 7.84. The summed E-state index contributed by atoms with van der Waals surface area (Å²) < 4.78 is 11.5. The Morgan fingerprint density at radius 1 is 1.03 bits per heavy atom. The Kier molecular flexibility index (Phi) is 5.87. The van der Waals surface area contributed by atoms with Crippen LogP contribution in [0, 0.1) is 0 Å². The Morgan fingerprint density at radius 3 is 2.38 bits per heavy atom. The number of aromatic nitrogens is 1. The maximum Gasteiger partial charge on any atom is 0.249 e. The molecule has 0 unspecified atom stereocenters. The summed E-state index contributed by atoms with van der Waals surface area (Å²) in [6.45, 7) is 6.65. The minimum Gasteiger partial charge on any atom is -0.496 e. The Bertz CT molecular complexity index is 1010. The first-order valence-electron chi connectivity index (χ1n) is 9.45. The van der Waals surface area contributed by atoms with Gasteiger partial charge in [0.2, 0.25) is 11.8 Å². The molecule has 5 heteroatoms. The van der Waals surface area contributed by atoms with Crippen LogP contribution in [0.5, 0.6) is 11.6 Å². The quantitative estimate of drug-likeness (QED) is 0.660. The highest BCUT2D eigenvalue weighted by Crippen LogP contribution is 2.39. The number of hydrogen-bond acceptors (Lipinski definition) is 4. The van der Waals surface area contributed by atoms with E-state index in [1.54, 1.807) is 19.4 Å². The lowest BCUT2D eigenvalue weighted by atomic mass is 9.83. The van der Waals surface area contributed by atoms with Crippen LogP contribution in [0.1, 0.15) is 42.3 Å². The molecule has 0 atom stereocenters. The highest BCUT2D eigenvalue weighted by Gasteiger charge is 2.24. The van der Waals surface area contributed by atoms with Gasteiger partial charge in [-0.1, -0.05) is 51.1 Å². The molecular formula is C24H26N2O3. The molecule has 0 radical (unpaired) electrons.